The molecule has 128 valence electrons. The van der Waals surface area contributed by atoms with E-state index in [1.165, 1.54) is 0 Å². The number of carbonyl (C=O) groups is 2. The zero-order chi connectivity index (χ0) is 17.5. The van der Waals surface area contributed by atoms with Crippen molar-refractivity contribution < 1.29 is 9.59 Å². The van der Waals surface area contributed by atoms with Crippen LogP contribution < -0.4 is 10.6 Å². The van der Waals surface area contributed by atoms with Crippen molar-refractivity contribution in [3.63, 3.8) is 0 Å². The first kappa shape index (κ1) is 18.1. The molecule has 5 nitrogen and oxygen atoms in total. The Labute approximate surface area is 146 Å². The molecule has 0 saturated carbocycles. The highest BCUT2D eigenvalue weighted by Gasteiger charge is 2.12. The summed E-state index contributed by atoms with van der Waals surface area (Å²) in [5.41, 5.74) is 2.55. The smallest absolute Gasteiger partial charge is 0.224 e. The fraction of sp³-hybridized carbons (Fsp3) is 0.389. The maximum absolute atomic E-state index is 12.1. The molecule has 0 aliphatic heterocycles. The molecule has 0 fully saturated rings. The highest BCUT2D eigenvalue weighted by molar-refractivity contribution is 7.09. The molecule has 0 bridgehead atoms. The average molecular weight is 345 g/mol. The Kier molecular flexibility index (Phi) is 6.49. The van der Waals surface area contributed by atoms with Gasteiger partial charge in [0.05, 0.1) is 23.2 Å². The number of hydrogen-bond donors (Lipinski definition) is 2. The molecule has 0 unspecified atom stereocenters. The molecule has 0 saturated heterocycles. The van der Waals surface area contributed by atoms with Crippen molar-refractivity contribution >= 4 is 28.8 Å². The molecule has 1 aromatic carbocycles. The summed E-state index contributed by atoms with van der Waals surface area (Å²) in [5.74, 6) is -0.0358. The van der Waals surface area contributed by atoms with Gasteiger partial charge in [0.1, 0.15) is 0 Å². The fourth-order valence-electron chi connectivity index (χ4n) is 2.29. The normalized spacial score (nSPS) is 11.8. The maximum atomic E-state index is 12.1. The maximum Gasteiger partial charge on any atom is 0.224 e. The van der Waals surface area contributed by atoms with Crippen molar-refractivity contribution in [1.82, 2.24) is 10.3 Å². The number of nitrogens with zero attached hydrogens (tertiary/aromatic N) is 1. The van der Waals surface area contributed by atoms with Gasteiger partial charge in [0.25, 0.3) is 0 Å². The first-order valence-electron chi connectivity index (χ1n) is 8.08. The first-order valence-corrected chi connectivity index (χ1v) is 8.96. The molecule has 2 aromatic rings. The van der Waals surface area contributed by atoms with Gasteiger partial charge in [-0.15, -0.1) is 11.3 Å². The summed E-state index contributed by atoms with van der Waals surface area (Å²) in [6, 6.07) is 7.26. The number of amides is 2. The van der Waals surface area contributed by atoms with Gasteiger partial charge in [-0.2, -0.15) is 0 Å². The van der Waals surface area contributed by atoms with E-state index in [0.29, 0.717) is 12.8 Å². The molecule has 2 amide bonds. The molecule has 1 atom stereocenters. The molecule has 24 heavy (non-hydrogen) atoms. The highest BCUT2D eigenvalue weighted by Crippen LogP contribution is 2.16. The molecule has 0 spiro atoms. The number of aromatic nitrogens is 1. The predicted molar refractivity (Wildman–Crippen MR) is 97.1 cm³/mol. The van der Waals surface area contributed by atoms with Gasteiger partial charge in [0.15, 0.2) is 0 Å². The lowest BCUT2D eigenvalue weighted by Gasteiger charge is -2.12. The van der Waals surface area contributed by atoms with Crippen LogP contribution in [0, 0.1) is 6.92 Å². The van der Waals surface area contributed by atoms with Gasteiger partial charge in [-0.05, 0) is 38.0 Å². The minimum atomic E-state index is -0.102. The van der Waals surface area contributed by atoms with E-state index >= 15 is 0 Å². The van der Waals surface area contributed by atoms with Crippen LogP contribution in [0.3, 0.4) is 0 Å². The van der Waals surface area contributed by atoms with Crippen LogP contribution in [0.25, 0.3) is 0 Å². The second kappa shape index (κ2) is 8.59. The standard InChI is InChI=1S/C18H23N3O2S/c1-4-5-17(22)21-15-8-6-14(7-9-15)10-18(23)19-12(2)16-11-24-13(3)20-16/h6-9,11-12H,4-5,10H2,1-3H3,(H,19,23)(H,21,22)/t12-/m1/s1. The van der Waals surface area contributed by atoms with E-state index in [1.54, 1.807) is 11.3 Å². The zero-order valence-corrected chi connectivity index (χ0v) is 15.1. The number of anilines is 1. The van der Waals surface area contributed by atoms with E-state index in [0.717, 1.165) is 28.4 Å². The molecule has 1 heterocycles. The molecular formula is C18H23N3O2S. The number of benzene rings is 1. The lowest BCUT2D eigenvalue weighted by atomic mass is 10.1. The summed E-state index contributed by atoms with van der Waals surface area (Å²) in [5, 5.41) is 8.75. The Morgan fingerprint density at radius 1 is 1.21 bits per heavy atom. The second-order valence-electron chi connectivity index (χ2n) is 5.75. The van der Waals surface area contributed by atoms with Gasteiger partial charge in [-0.25, -0.2) is 4.98 Å². The Morgan fingerprint density at radius 3 is 2.50 bits per heavy atom. The third-order valence-corrected chi connectivity index (χ3v) is 4.33. The van der Waals surface area contributed by atoms with Crippen molar-refractivity contribution in [2.45, 2.75) is 46.1 Å². The molecular weight excluding hydrogens is 322 g/mol. The van der Waals surface area contributed by atoms with E-state index in [9.17, 15) is 9.59 Å². The van der Waals surface area contributed by atoms with Crippen molar-refractivity contribution in [3.8, 4) is 0 Å². The van der Waals surface area contributed by atoms with Crippen molar-refractivity contribution in [2.75, 3.05) is 5.32 Å². The monoisotopic (exact) mass is 345 g/mol. The minimum Gasteiger partial charge on any atom is -0.348 e. The Hall–Kier alpha value is -2.21. The summed E-state index contributed by atoms with van der Waals surface area (Å²) >= 11 is 1.58. The molecule has 2 rings (SSSR count). The number of rotatable bonds is 7. The number of nitrogens with one attached hydrogen (secondary N) is 2. The summed E-state index contributed by atoms with van der Waals surface area (Å²) in [7, 11) is 0. The molecule has 0 aliphatic rings. The van der Waals surface area contributed by atoms with Crippen molar-refractivity contribution in [1.29, 1.82) is 0 Å². The van der Waals surface area contributed by atoms with Crippen LogP contribution in [-0.4, -0.2) is 16.8 Å². The average Bonchev–Trinajstić information content (AvgIpc) is 2.96. The van der Waals surface area contributed by atoms with Gasteiger partial charge in [-0.3, -0.25) is 9.59 Å². The zero-order valence-electron chi connectivity index (χ0n) is 14.3. The lowest BCUT2D eigenvalue weighted by molar-refractivity contribution is -0.121. The van der Waals surface area contributed by atoms with E-state index in [4.69, 9.17) is 0 Å². The Morgan fingerprint density at radius 2 is 1.92 bits per heavy atom. The van der Waals surface area contributed by atoms with Crippen LogP contribution in [-0.2, 0) is 16.0 Å². The largest absolute Gasteiger partial charge is 0.348 e. The van der Waals surface area contributed by atoms with Crippen LogP contribution in [0.4, 0.5) is 5.69 Å². The lowest BCUT2D eigenvalue weighted by Crippen LogP contribution is -2.28. The summed E-state index contributed by atoms with van der Waals surface area (Å²) in [4.78, 5) is 28.1. The topological polar surface area (TPSA) is 71.1 Å². The predicted octanol–water partition coefficient (Wildman–Crippen LogP) is 3.61. The molecule has 1 aromatic heterocycles. The van der Waals surface area contributed by atoms with Gasteiger partial charge in [0.2, 0.25) is 11.8 Å². The van der Waals surface area contributed by atoms with Gasteiger partial charge < -0.3 is 10.6 Å². The van der Waals surface area contributed by atoms with Crippen molar-refractivity contribution in [2.24, 2.45) is 0 Å². The van der Waals surface area contributed by atoms with Crippen LogP contribution in [0.2, 0.25) is 0 Å². The minimum absolute atomic E-state index is 0.00961. The van der Waals surface area contributed by atoms with Crippen LogP contribution in [0.1, 0.15) is 49.0 Å². The Balaban J connectivity index is 1.86. The van der Waals surface area contributed by atoms with Crippen LogP contribution in [0.15, 0.2) is 29.6 Å². The number of aryl methyl sites for hydroxylation is 1. The number of hydrogen-bond acceptors (Lipinski definition) is 4. The molecule has 0 aliphatic carbocycles. The van der Waals surface area contributed by atoms with E-state index in [1.807, 2.05) is 50.4 Å². The van der Waals surface area contributed by atoms with Gasteiger partial charge in [0, 0.05) is 17.5 Å². The van der Waals surface area contributed by atoms with Crippen LogP contribution >= 0.6 is 11.3 Å². The fourth-order valence-corrected chi connectivity index (χ4v) is 2.99. The number of carbonyl (C=O) groups excluding carboxylic acids is 2. The van der Waals surface area contributed by atoms with E-state index in [-0.39, 0.29) is 17.9 Å². The Bertz CT molecular complexity index is 695. The summed E-state index contributed by atoms with van der Waals surface area (Å²) in [6.45, 7) is 5.84. The van der Waals surface area contributed by atoms with Crippen molar-refractivity contribution in [3.05, 3.63) is 45.9 Å². The quantitative estimate of drug-likeness (QED) is 0.805. The molecule has 0 radical (unpaired) electrons. The molecule has 2 N–H and O–H groups in total. The third kappa shape index (κ3) is 5.45. The molecule has 6 heteroatoms. The SMILES string of the molecule is CCCC(=O)Nc1ccc(CC(=O)N[C@H](C)c2csc(C)n2)cc1. The summed E-state index contributed by atoms with van der Waals surface area (Å²) in [6.07, 6.45) is 1.63. The highest BCUT2D eigenvalue weighted by atomic mass is 32.1. The second-order valence-corrected chi connectivity index (χ2v) is 6.81. The number of thiazole rings is 1. The van der Waals surface area contributed by atoms with Gasteiger partial charge >= 0.3 is 0 Å². The van der Waals surface area contributed by atoms with Gasteiger partial charge in [-0.1, -0.05) is 19.1 Å². The van der Waals surface area contributed by atoms with Crippen LogP contribution in [0.5, 0.6) is 0 Å². The van der Waals surface area contributed by atoms with E-state index < -0.39 is 0 Å². The third-order valence-electron chi connectivity index (χ3n) is 3.54. The summed E-state index contributed by atoms with van der Waals surface area (Å²) < 4.78 is 0. The van der Waals surface area contributed by atoms with E-state index in [2.05, 4.69) is 15.6 Å². The first-order chi connectivity index (χ1) is 11.5.